The minimum Gasteiger partial charge on any atom is -0.486 e. The molecule has 1 aliphatic heterocycles. The van der Waals surface area contributed by atoms with E-state index in [4.69, 9.17) is 32.7 Å². The average molecular weight is 388 g/mol. The molecule has 1 heterocycles. The molecule has 1 aliphatic rings. The Morgan fingerprint density at radius 1 is 1.04 bits per heavy atom. The predicted octanol–water partition coefficient (Wildman–Crippen LogP) is 2.88. The van der Waals surface area contributed by atoms with Gasteiger partial charge in [-0.25, -0.2) is 13.1 Å². The van der Waals surface area contributed by atoms with Gasteiger partial charge in [-0.3, -0.25) is 4.79 Å². The quantitative estimate of drug-likeness (QED) is 0.875. The van der Waals surface area contributed by atoms with E-state index in [0.717, 1.165) is 0 Å². The number of benzene rings is 2. The molecule has 0 saturated heterocycles. The molecule has 0 spiro atoms. The van der Waals surface area contributed by atoms with Crippen LogP contribution in [0, 0.1) is 0 Å². The first kappa shape index (κ1) is 16.9. The van der Waals surface area contributed by atoms with Crippen LogP contribution in [0.25, 0.3) is 0 Å². The number of nitrogens with one attached hydrogen (secondary N) is 1. The highest BCUT2D eigenvalue weighted by molar-refractivity contribution is 7.90. The van der Waals surface area contributed by atoms with E-state index < -0.39 is 15.9 Å². The van der Waals surface area contributed by atoms with Gasteiger partial charge in [-0.05, 0) is 24.3 Å². The van der Waals surface area contributed by atoms with E-state index in [0.29, 0.717) is 24.7 Å². The number of carbonyl (C=O) groups excluding carboxylic acids is 1. The van der Waals surface area contributed by atoms with Gasteiger partial charge >= 0.3 is 0 Å². The highest BCUT2D eigenvalue weighted by Gasteiger charge is 2.23. The van der Waals surface area contributed by atoms with Gasteiger partial charge in [0.25, 0.3) is 15.9 Å². The Kier molecular flexibility index (Phi) is 4.58. The summed E-state index contributed by atoms with van der Waals surface area (Å²) in [6, 6.07) is 8.46. The summed E-state index contributed by atoms with van der Waals surface area (Å²) in [7, 11) is -4.11. The molecule has 0 bridgehead atoms. The summed E-state index contributed by atoms with van der Waals surface area (Å²) >= 11 is 11.8. The number of hydrogen-bond donors (Lipinski definition) is 1. The van der Waals surface area contributed by atoms with Crippen molar-refractivity contribution in [2.45, 2.75) is 4.90 Å². The molecule has 2 aromatic rings. The molecule has 0 saturated carbocycles. The van der Waals surface area contributed by atoms with Crippen molar-refractivity contribution in [2.75, 3.05) is 13.2 Å². The number of halogens is 2. The van der Waals surface area contributed by atoms with Crippen molar-refractivity contribution in [3.63, 3.8) is 0 Å². The van der Waals surface area contributed by atoms with E-state index in [9.17, 15) is 13.2 Å². The molecule has 0 fully saturated rings. The molecule has 6 nitrogen and oxygen atoms in total. The second-order valence-electron chi connectivity index (χ2n) is 4.84. The van der Waals surface area contributed by atoms with Crippen molar-refractivity contribution in [3.05, 3.63) is 52.0 Å². The number of rotatable bonds is 3. The van der Waals surface area contributed by atoms with Crippen LogP contribution in [-0.2, 0) is 10.0 Å². The minimum absolute atomic E-state index is 0.0194. The lowest BCUT2D eigenvalue weighted by atomic mass is 10.2. The van der Waals surface area contributed by atoms with Crippen molar-refractivity contribution >= 4 is 39.1 Å². The molecule has 1 amide bonds. The maximum absolute atomic E-state index is 12.4. The number of hydrogen-bond acceptors (Lipinski definition) is 5. The van der Waals surface area contributed by atoms with Crippen LogP contribution in [0.15, 0.2) is 41.3 Å². The van der Waals surface area contributed by atoms with Crippen LogP contribution in [0.4, 0.5) is 0 Å². The molecule has 0 unspecified atom stereocenters. The summed E-state index contributed by atoms with van der Waals surface area (Å²) in [5, 5.41) is 0.134. The molecule has 24 heavy (non-hydrogen) atoms. The molecule has 0 radical (unpaired) electrons. The topological polar surface area (TPSA) is 81.7 Å². The van der Waals surface area contributed by atoms with Gasteiger partial charge in [-0.2, -0.15) is 0 Å². The van der Waals surface area contributed by atoms with Gasteiger partial charge in [0.1, 0.15) is 13.2 Å². The van der Waals surface area contributed by atoms with Gasteiger partial charge in [0.15, 0.2) is 11.5 Å². The van der Waals surface area contributed by atoms with Crippen LogP contribution in [0.1, 0.15) is 10.4 Å². The third-order valence-corrected chi connectivity index (χ3v) is 5.39. The van der Waals surface area contributed by atoms with Crippen molar-refractivity contribution in [2.24, 2.45) is 0 Å². The molecular formula is C15H11Cl2NO5S. The van der Waals surface area contributed by atoms with E-state index in [1.165, 1.54) is 36.4 Å². The summed E-state index contributed by atoms with van der Waals surface area (Å²) in [6.07, 6.45) is 0. The molecule has 126 valence electrons. The highest BCUT2D eigenvalue weighted by Crippen LogP contribution is 2.32. The van der Waals surface area contributed by atoms with Crippen molar-refractivity contribution in [3.8, 4) is 11.5 Å². The lowest BCUT2D eigenvalue weighted by Crippen LogP contribution is -2.31. The molecule has 0 atom stereocenters. The van der Waals surface area contributed by atoms with Crippen LogP contribution in [0.2, 0.25) is 10.0 Å². The summed E-state index contributed by atoms with van der Waals surface area (Å²) in [5.41, 5.74) is -0.0368. The summed E-state index contributed by atoms with van der Waals surface area (Å²) < 4.78 is 37.4. The van der Waals surface area contributed by atoms with Gasteiger partial charge in [0.2, 0.25) is 0 Å². The molecule has 2 aromatic carbocycles. The smallest absolute Gasteiger partial charge is 0.266 e. The summed E-state index contributed by atoms with van der Waals surface area (Å²) in [5.74, 6) is -0.126. The van der Waals surface area contributed by atoms with E-state index in [1.807, 2.05) is 4.72 Å². The first-order valence-electron chi connectivity index (χ1n) is 6.79. The van der Waals surface area contributed by atoms with E-state index in [2.05, 4.69) is 0 Å². The molecule has 0 aliphatic carbocycles. The normalized spacial score (nSPS) is 13.4. The Morgan fingerprint density at radius 3 is 2.50 bits per heavy atom. The zero-order valence-electron chi connectivity index (χ0n) is 12.1. The Morgan fingerprint density at radius 2 is 1.75 bits per heavy atom. The van der Waals surface area contributed by atoms with E-state index >= 15 is 0 Å². The fourth-order valence-corrected chi connectivity index (χ4v) is 3.47. The summed E-state index contributed by atoms with van der Waals surface area (Å²) in [6.45, 7) is 0.712. The van der Waals surface area contributed by atoms with Crippen LogP contribution in [-0.4, -0.2) is 27.5 Å². The first-order valence-corrected chi connectivity index (χ1v) is 9.03. The number of fused-ring (bicyclic) bond motifs is 1. The standard InChI is InChI=1S/C15H11Cl2NO5S/c16-11-3-1-2-10(14(11)17)15(19)18-24(20,21)9-4-5-12-13(8-9)23-7-6-22-12/h1-5,8H,6-7H2,(H,18,19). The third-order valence-electron chi connectivity index (χ3n) is 3.25. The van der Waals surface area contributed by atoms with Gasteiger partial charge in [0.05, 0.1) is 20.5 Å². The van der Waals surface area contributed by atoms with Crippen LogP contribution >= 0.6 is 23.2 Å². The highest BCUT2D eigenvalue weighted by atomic mass is 35.5. The SMILES string of the molecule is O=C(NS(=O)(=O)c1ccc2c(c1)OCCO2)c1cccc(Cl)c1Cl. The van der Waals surface area contributed by atoms with Crippen LogP contribution in [0.3, 0.4) is 0 Å². The molecule has 1 N–H and O–H groups in total. The minimum atomic E-state index is -4.11. The largest absolute Gasteiger partial charge is 0.486 e. The number of amides is 1. The Bertz CT molecular complexity index is 914. The van der Waals surface area contributed by atoms with Gasteiger partial charge in [0, 0.05) is 6.07 Å². The lowest BCUT2D eigenvalue weighted by Gasteiger charge is -2.19. The second-order valence-corrected chi connectivity index (χ2v) is 7.31. The fourth-order valence-electron chi connectivity index (χ4n) is 2.11. The zero-order chi connectivity index (χ0) is 17.3. The molecular weight excluding hydrogens is 377 g/mol. The Hall–Kier alpha value is -1.96. The zero-order valence-corrected chi connectivity index (χ0v) is 14.4. The van der Waals surface area contributed by atoms with Crippen LogP contribution in [0.5, 0.6) is 11.5 Å². The second kappa shape index (κ2) is 6.51. The third kappa shape index (κ3) is 3.28. The monoisotopic (exact) mass is 387 g/mol. The van der Waals surface area contributed by atoms with Crippen molar-refractivity contribution in [1.82, 2.24) is 4.72 Å². The van der Waals surface area contributed by atoms with Gasteiger partial charge in [-0.15, -0.1) is 0 Å². The lowest BCUT2D eigenvalue weighted by molar-refractivity contribution is 0.0981. The number of sulfonamides is 1. The van der Waals surface area contributed by atoms with Crippen molar-refractivity contribution in [1.29, 1.82) is 0 Å². The van der Waals surface area contributed by atoms with Crippen LogP contribution < -0.4 is 14.2 Å². The molecule has 0 aromatic heterocycles. The molecule has 3 rings (SSSR count). The number of carbonyl (C=O) groups is 1. The number of ether oxygens (including phenoxy) is 2. The van der Waals surface area contributed by atoms with Gasteiger partial charge in [-0.1, -0.05) is 29.3 Å². The fraction of sp³-hybridized carbons (Fsp3) is 0.133. The summed E-state index contributed by atoms with van der Waals surface area (Å²) in [4.78, 5) is 12.1. The van der Waals surface area contributed by atoms with E-state index in [-0.39, 0.29) is 20.5 Å². The first-order chi connectivity index (χ1) is 11.4. The maximum atomic E-state index is 12.4. The maximum Gasteiger partial charge on any atom is 0.266 e. The molecule has 9 heteroatoms. The average Bonchev–Trinajstić information content (AvgIpc) is 2.56. The van der Waals surface area contributed by atoms with Gasteiger partial charge < -0.3 is 9.47 Å². The van der Waals surface area contributed by atoms with Crippen molar-refractivity contribution < 1.29 is 22.7 Å². The van der Waals surface area contributed by atoms with E-state index in [1.54, 1.807) is 0 Å². The Labute approximate surface area is 148 Å². The predicted molar refractivity (Wildman–Crippen MR) is 88.5 cm³/mol. The Balaban J connectivity index is 1.88.